The lowest BCUT2D eigenvalue weighted by Gasteiger charge is -2.51. The fourth-order valence-electron chi connectivity index (χ4n) is 2.74. The van der Waals surface area contributed by atoms with Gasteiger partial charge in [0.2, 0.25) is 0 Å². The Morgan fingerprint density at radius 3 is 2.60 bits per heavy atom. The van der Waals surface area contributed by atoms with Gasteiger partial charge in [0, 0.05) is 18.6 Å². The largest absolute Gasteiger partial charge is 0.489 e. The van der Waals surface area contributed by atoms with Crippen LogP contribution in [0.25, 0.3) is 0 Å². The second-order valence-electron chi connectivity index (χ2n) is 6.36. The Hall–Kier alpha value is -1.42. The highest BCUT2D eigenvalue weighted by Gasteiger charge is 2.48. The Morgan fingerprint density at radius 2 is 2.05 bits per heavy atom. The van der Waals surface area contributed by atoms with Crippen LogP contribution in [0.2, 0.25) is 0 Å². The lowest BCUT2D eigenvalue weighted by atomic mass is 9.64. The van der Waals surface area contributed by atoms with Gasteiger partial charge in [0.15, 0.2) is 0 Å². The summed E-state index contributed by atoms with van der Waals surface area (Å²) in [5.74, 6) is 0.741. The molecule has 0 spiro atoms. The summed E-state index contributed by atoms with van der Waals surface area (Å²) in [6, 6.07) is 6.24. The van der Waals surface area contributed by atoms with Gasteiger partial charge in [-0.1, -0.05) is 19.9 Å². The van der Waals surface area contributed by atoms with Gasteiger partial charge in [-0.25, -0.2) is 0 Å². The monoisotopic (exact) mass is 278 g/mol. The van der Waals surface area contributed by atoms with Gasteiger partial charge in [-0.15, -0.1) is 0 Å². The molecule has 2 atom stereocenters. The van der Waals surface area contributed by atoms with Crippen LogP contribution in [0.5, 0.6) is 5.75 Å². The molecular weight excluding hydrogens is 252 g/mol. The molecule has 4 heteroatoms. The Morgan fingerprint density at radius 1 is 1.35 bits per heavy atom. The molecule has 3 N–H and O–H groups in total. The van der Waals surface area contributed by atoms with E-state index in [0.29, 0.717) is 17.8 Å². The number of rotatable bonds is 5. The lowest BCUT2D eigenvalue weighted by Crippen LogP contribution is -2.57. The molecule has 0 amide bonds. The molecule has 1 fully saturated rings. The Labute approximate surface area is 121 Å². The molecule has 0 bridgehead atoms. The van der Waals surface area contributed by atoms with Gasteiger partial charge < -0.3 is 20.5 Å². The van der Waals surface area contributed by atoms with Crippen molar-refractivity contribution in [3.8, 4) is 5.75 Å². The maximum atomic E-state index is 6.20. The Kier molecular flexibility index (Phi) is 4.14. The standard InChI is InChI=1S/C16H26N2O2/c1-10(2)20-12-8-6-7-11(15(12)17)18-13-9-14(19-5)16(13,3)4/h6-8,10,13-14,18H,9,17H2,1-5H3. The summed E-state index contributed by atoms with van der Waals surface area (Å²) in [5.41, 5.74) is 7.92. The molecule has 4 nitrogen and oxygen atoms in total. The number of hydrogen-bond acceptors (Lipinski definition) is 4. The zero-order valence-corrected chi connectivity index (χ0v) is 13.1. The van der Waals surface area contributed by atoms with Crippen LogP contribution in [0.4, 0.5) is 11.4 Å². The van der Waals surface area contributed by atoms with Gasteiger partial charge in [0.05, 0.1) is 23.6 Å². The van der Waals surface area contributed by atoms with Crippen LogP contribution in [0.15, 0.2) is 18.2 Å². The smallest absolute Gasteiger partial charge is 0.144 e. The van der Waals surface area contributed by atoms with E-state index in [2.05, 4.69) is 19.2 Å². The number of para-hydroxylation sites is 1. The summed E-state index contributed by atoms with van der Waals surface area (Å²) >= 11 is 0. The van der Waals surface area contributed by atoms with Crippen molar-refractivity contribution < 1.29 is 9.47 Å². The third kappa shape index (κ3) is 2.70. The van der Waals surface area contributed by atoms with Gasteiger partial charge in [0.25, 0.3) is 0 Å². The topological polar surface area (TPSA) is 56.5 Å². The summed E-state index contributed by atoms with van der Waals surface area (Å²) in [6.07, 6.45) is 1.42. The van der Waals surface area contributed by atoms with Crippen molar-refractivity contribution in [3.05, 3.63) is 18.2 Å². The molecule has 2 unspecified atom stereocenters. The number of methoxy groups -OCH3 is 1. The van der Waals surface area contributed by atoms with E-state index in [4.69, 9.17) is 15.2 Å². The molecule has 0 heterocycles. The molecule has 112 valence electrons. The predicted octanol–water partition coefficient (Wildman–Crippen LogP) is 3.28. The van der Waals surface area contributed by atoms with Crippen LogP contribution in [0.1, 0.15) is 34.1 Å². The first-order valence-corrected chi connectivity index (χ1v) is 7.20. The van der Waals surface area contributed by atoms with Crippen molar-refractivity contribution >= 4 is 11.4 Å². The van der Waals surface area contributed by atoms with Gasteiger partial charge in [-0.2, -0.15) is 0 Å². The fourth-order valence-corrected chi connectivity index (χ4v) is 2.74. The molecular formula is C16H26N2O2. The highest BCUT2D eigenvalue weighted by Crippen LogP contribution is 2.45. The van der Waals surface area contributed by atoms with Crippen molar-refractivity contribution in [1.82, 2.24) is 0 Å². The molecule has 0 aromatic heterocycles. The van der Waals surface area contributed by atoms with Crippen molar-refractivity contribution in [2.45, 2.75) is 52.4 Å². The van der Waals surface area contributed by atoms with E-state index >= 15 is 0 Å². The zero-order chi connectivity index (χ0) is 14.9. The normalized spacial score (nSPS) is 24.3. The van der Waals surface area contributed by atoms with Crippen LogP contribution >= 0.6 is 0 Å². The summed E-state index contributed by atoms with van der Waals surface area (Å²) in [7, 11) is 1.77. The summed E-state index contributed by atoms with van der Waals surface area (Å²) < 4.78 is 11.2. The second kappa shape index (κ2) is 5.52. The molecule has 1 aromatic rings. The van der Waals surface area contributed by atoms with Crippen molar-refractivity contribution in [2.75, 3.05) is 18.2 Å². The first kappa shape index (κ1) is 15.0. The van der Waals surface area contributed by atoms with Crippen LogP contribution in [0.3, 0.4) is 0 Å². The van der Waals surface area contributed by atoms with Crippen molar-refractivity contribution in [2.24, 2.45) is 5.41 Å². The van der Waals surface area contributed by atoms with E-state index < -0.39 is 0 Å². The molecule has 0 aliphatic heterocycles. The van der Waals surface area contributed by atoms with E-state index in [1.807, 2.05) is 32.0 Å². The second-order valence-corrected chi connectivity index (χ2v) is 6.36. The number of benzene rings is 1. The lowest BCUT2D eigenvalue weighted by molar-refractivity contribution is -0.0794. The number of nitrogen functional groups attached to an aromatic ring is 1. The van der Waals surface area contributed by atoms with E-state index in [9.17, 15) is 0 Å². The van der Waals surface area contributed by atoms with E-state index in [-0.39, 0.29) is 11.5 Å². The molecule has 1 aliphatic rings. The molecule has 1 saturated carbocycles. The summed E-state index contributed by atoms with van der Waals surface area (Å²) in [5, 5.41) is 3.53. The van der Waals surface area contributed by atoms with Crippen LogP contribution in [0, 0.1) is 5.41 Å². The summed E-state index contributed by atoms with van der Waals surface area (Å²) in [6.45, 7) is 8.43. The van der Waals surface area contributed by atoms with Crippen LogP contribution < -0.4 is 15.8 Å². The average Bonchev–Trinajstić information content (AvgIpc) is 2.37. The number of ether oxygens (including phenoxy) is 2. The average molecular weight is 278 g/mol. The third-order valence-corrected chi connectivity index (χ3v) is 4.22. The predicted molar refractivity (Wildman–Crippen MR) is 83.2 cm³/mol. The number of anilines is 2. The van der Waals surface area contributed by atoms with Crippen LogP contribution in [-0.2, 0) is 4.74 Å². The van der Waals surface area contributed by atoms with Crippen molar-refractivity contribution in [1.29, 1.82) is 0 Å². The maximum absolute atomic E-state index is 6.20. The minimum atomic E-state index is 0.107. The number of hydrogen-bond donors (Lipinski definition) is 2. The molecule has 1 aliphatic carbocycles. The third-order valence-electron chi connectivity index (χ3n) is 4.22. The number of nitrogens with two attached hydrogens (primary N) is 1. The zero-order valence-electron chi connectivity index (χ0n) is 13.1. The van der Waals surface area contributed by atoms with Gasteiger partial charge >= 0.3 is 0 Å². The minimum absolute atomic E-state index is 0.107. The Bertz CT molecular complexity index is 472. The van der Waals surface area contributed by atoms with Gasteiger partial charge in [-0.05, 0) is 32.4 Å². The SMILES string of the molecule is COC1CC(Nc2cccc(OC(C)C)c2N)C1(C)C. The van der Waals surface area contributed by atoms with Gasteiger partial charge in [0.1, 0.15) is 5.75 Å². The van der Waals surface area contributed by atoms with E-state index in [0.717, 1.165) is 17.9 Å². The molecule has 2 rings (SSSR count). The highest BCUT2D eigenvalue weighted by molar-refractivity contribution is 5.73. The highest BCUT2D eigenvalue weighted by atomic mass is 16.5. The van der Waals surface area contributed by atoms with E-state index in [1.54, 1.807) is 7.11 Å². The molecule has 0 radical (unpaired) electrons. The Balaban J connectivity index is 2.11. The molecule has 1 aromatic carbocycles. The van der Waals surface area contributed by atoms with Crippen LogP contribution in [-0.4, -0.2) is 25.4 Å². The first-order chi connectivity index (χ1) is 9.36. The number of nitrogens with one attached hydrogen (secondary N) is 1. The quantitative estimate of drug-likeness (QED) is 0.812. The molecule has 20 heavy (non-hydrogen) atoms. The molecule has 0 saturated heterocycles. The fraction of sp³-hybridized carbons (Fsp3) is 0.625. The van der Waals surface area contributed by atoms with Crippen molar-refractivity contribution in [3.63, 3.8) is 0 Å². The first-order valence-electron chi connectivity index (χ1n) is 7.20. The van der Waals surface area contributed by atoms with Gasteiger partial charge in [-0.3, -0.25) is 0 Å². The minimum Gasteiger partial charge on any atom is -0.489 e. The maximum Gasteiger partial charge on any atom is 0.144 e. The summed E-state index contributed by atoms with van der Waals surface area (Å²) in [4.78, 5) is 0. The van der Waals surface area contributed by atoms with E-state index in [1.165, 1.54) is 0 Å².